The minimum Gasteiger partial charge on any atom is -0.478 e. The van der Waals surface area contributed by atoms with Gasteiger partial charge in [0, 0.05) is 15.1 Å². The van der Waals surface area contributed by atoms with Crippen LogP contribution in [0.3, 0.4) is 0 Å². The zero-order valence-corrected chi connectivity index (χ0v) is 15.2. The van der Waals surface area contributed by atoms with Crippen LogP contribution in [0.15, 0.2) is 53.0 Å². The van der Waals surface area contributed by atoms with Crippen molar-refractivity contribution in [2.75, 3.05) is 0 Å². The van der Waals surface area contributed by atoms with Crippen LogP contribution in [-0.2, 0) is 6.42 Å². The van der Waals surface area contributed by atoms with E-state index in [1.54, 1.807) is 16.8 Å². The Balaban J connectivity index is 2.24. The van der Waals surface area contributed by atoms with E-state index in [9.17, 15) is 9.90 Å². The smallest absolute Gasteiger partial charge is 0.339 e. The predicted octanol–water partition coefficient (Wildman–Crippen LogP) is 5.22. The molecule has 0 amide bonds. The maximum Gasteiger partial charge on any atom is 0.339 e. The molecule has 0 radical (unpaired) electrons. The van der Waals surface area contributed by atoms with Crippen molar-refractivity contribution in [3.8, 4) is 16.9 Å². The monoisotopic (exact) mass is 404 g/mol. The summed E-state index contributed by atoms with van der Waals surface area (Å²) in [4.78, 5) is 11.9. The number of carboxylic acids is 1. The van der Waals surface area contributed by atoms with Gasteiger partial charge in [0.1, 0.15) is 11.3 Å². The quantitative estimate of drug-likeness (QED) is 0.648. The van der Waals surface area contributed by atoms with E-state index in [0.717, 1.165) is 15.7 Å². The summed E-state index contributed by atoms with van der Waals surface area (Å²) >= 11 is 9.33. The number of aromatic carboxylic acids is 1. The maximum absolute atomic E-state index is 11.9. The Bertz CT molecular complexity index is 887. The number of carboxylic acid groups (broad SMARTS) is 1. The third-order valence-electron chi connectivity index (χ3n) is 3.72. The zero-order valence-electron chi connectivity index (χ0n) is 12.8. The molecule has 3 aromatic rings. The molecular weight excluding hydrogens is 392 g/mol. The van der Waals surface area contributed by atoms with E-state index in [4.69, 9.17) is 11.6 Å². The van der Waals surface area contributed by atoms with Gasteiger partial charge in [0.05, 0.1) is 11.4 Å². The minimum absolute atomic E-state index is 0.231. The molecule has 0 unspecified atom stereocenters. The van der Waals surface area contributed by atoms with Crippen molar-refractivity contribution in [1.29, 1.82) is 0 Å². The Morgan fingerprint density at radius 3 is 2.33 bits per heavy atom. The lowest BCUT2D eigenvalue weighted by atomic mass is 10.0. The molecule has 24 heavy (non-hydrogen) atoms. The molecule has 3 rings (SSSR count). The van der Waals surface area contributed by atoms with Crippen LogP contribution in [0.1, 0.15) is 23.0 Å². The maximum atomic E-state index is 11.9. The first-order chi connectivity index (χ1) is 11.5. The number of benzene rings is 2. The molecule has 0 saturated carbocycles. The molecule has 0 aliphatic carbocycles. The molecule has 1 aromatic heterocycles. The first-order valence-electron chi connectivity index (χ1n) is 7.38. The van der Waals surface area contributed by atoms with Crippen LogP contribution < -0.4 is 0 Å². The lowest BCUT2D eigenvalue weighted by Gasteiger charge is -2.06. The van der Waals surface area contributed by atoms with Gasteiger partial charge in [-0.1, -0.05) is 46.6 Å². The highest BCUT2D eigenvalue weighted by Crippen LogP contribution is 2.29. The summed E-state index contributed by atoms with van der Waals surface area (Å²) in [7, 11) is 0. The van der Waals surface area contributed by atoms with Crippen molar-refractivity contribution in [1.82, 2.24) is 9.78 Å². The highest BCUT2D eigenvalue weighted by molar-refractivity contribution is 9.10. The number of halogens is 2. The first-order valence-corrected chi connectivity index (χ1v) is 8.55. The van der Waals surface area contributed by atoms with Crippen LogP contribution in [0.4, 0.5) is 0 Å². The third kappa shape index (κ3) is 3.09. The summed E-state index contributed by atoms with van der Waals surface area (Å²) in [5.74, 6) is -0.981. The Hall–Kier alpha value is -2.11. The van der Waals surface area contributed by atoms with Crippen LogP contribution in [0.5, 0.6) is 0 Å². The lowest BCUT2D eigenvalue weighted by molar-refractivity contribution is 0.0696. The minimum atomic E-state index is -0.981. The molecule has 0 aliphatic rings. The number of aromatic nitrogens is 2. The normalized spacial score (nSPS) is 10.8. The Kier molecular flexibility index (Phi) is 4.73. The second-order valence-electron chi connectivity index (χ2n) is 5.22. The summed E-state index contributed by atoms with van der Waals surface area (Å²) in [6.07, 6.45) is 0.549. The molecule has 0 bridgehead atoms. The molecule has 2 aromatic carbocycles. The molecule has 4 nitrogen and oxygen atoms in total. The molecule has 1 N–H and O–H groups in total. The SMILES string of the molecule is CCc1c(C(=O)O)c(-c2ccc(Br)cc2)nn1-c1ccc(Cl)cc1. The van der Waals surface area contributed by atoms with E-state index in [1.165, 1.54) is 0 Å². The van der Waals surface area contributed by atoms with Gasteiger partial charge in [-0.3, -0.25) is 0 Å². The van der Waals surface area contributed by atoms with Crippen LogP contribution in [0, 0.1) is 0 Å². The van der Waals surface area contributed by atoms with Crippen LogP contribution in [0.2, 0.25) is 5.02 Å². The van der Waals surface area contributed by atoms with Gasteiger partial charge in [-0.2, -0.15) is 5.10 Å². The summed E-state index contributed by atoms with van der Waals surface area (Å²) in [5.41, 5.74) is 2.89. The van der Waals surface area contributed by atoms with E-state index < -0.39 is 5.97 Å². The van der Waals surface area contributed by atoms with E-state index in [0.29, 0.717) is 22.8 Å². The average molecular weight is 406 g/mol. The highest BCUT2D eigenvalue weighted by atomic mass is 79.9. The van der Waals surface area contributed by atoms with Gasteiger partial charge in [0.25, 0.3) is 0 Å². The van der Waals surface area contributed by atoms with Crippen LogP contribution >= 0.6 is 27.5 Å². The Morgan fingerprint density at radius 1 is 1.17 bits per heavy atom. The second kappa shape index (κ2) is 6.79. The molecular formula is C18H14BrClN2O2. The van der Waals surface area contributed by atoms with Crippen molar-refractivity contribution in [3.05, 3.63) is 69.3 Å². The number of hydrogen-bond donors (Lipinski definition) is 1. The third-order valence-corrected chi connectivity index (χ3v) is 4.50. The number of nitrogens with zero attached hydrogens (tertiary/aromatic N) is 2. The van der Waals surface area contributed by atoms with Crippen molar-refractivity contribution < 1.29 is 9.90 Å². The number of carbonyl (C=O) groups is 1. The van der Waals surface area contributed by atoms with Gasteiger partial charge in [-0.15, -0.1) is 0 Å². The van der Waals surface area contributed by atoms with Gasteiger partial charge in [0.2, 0.25) is 0 Å². The molecule has 0 saturated heterocycles. The van der Waals surface area contributed by atoms with Crippen molar-refractivity contribution >= 4 is 33.5 Å². The molecule has 1 heterocycles. The van der Waals surface area contributed by atoms with E-state index in [2.05, 4.69) is 21.0 Å². The van der Waals surface area contributed by atoms with Gasteiger partial charge in [-0.25, -0.2) is 9.48 Å². The summed E-state index contributed by atoms with van der Waals surface area (Å²) in [6, 6.07) is 14.6. The molecule has 0 aliphatic heterocycles. The fourth-order valence-electron chi connectivity index (χ4n) is 2.61. The van der Waals surface area contributed by atoms with Crippen molar-refractivity contribution in [3.63, 3.8) is 0 Å². The second-order valence-corrected chi connectivity index (χ2v) is 6.58. The standard InChI is InChI=1S/C18H14BrClN2O2/c1-2-15-16(18(23)24)17(11-3-5-12(19)6-4-11)21-22(15)14-9-7-13(20)8-10-14/h3-10H,2H2,1H3,(H,23,24). The molecule has 6 heteroatoms. The van der Waals surface area contributed by atoms with E-state index in [-0.39, 0.29) is 5.56 Å². The highest BCUT2D eigenvalue weighted by Gasteiger charge is 2.24. The topological polar surface area (TPSA) is 55.1 Å². The van der Waals surface area contributed by atoms with Gasteiger partial charge in [0.15, 0.2) is 0 Å². The fourth-order valence-corrected chi connectivity index (χ4v) is 3.00. The molecule has 0 spiro atoms. The number of hydrogen-bond acceptors (Lipinski definition) is 2. The predicted molar refractivity (Wildman–Crippen MR) is 98.0 cm³/mol. The van der Waals surface area contributed by atoms with E-state index >= 15 is 0 Å². The Labute approximate surface area is 152 Å². The first kappa shape index (κ1) is 16.7. The Morgan fingerprint density at radius 2 is 1.79 bits per heavy atom. The molecule has 0 fully saturated rings. The average Bonchev–Trinajstić information content (AvgIpc) is 2.96. The fraction of sp³-hybridized carbons (Fsp3) is 0.111. The number of rotatable bonds is 4. The molecule has 122 valence electrons. The van der Waals surface area contributed by atoms with Crippen molar-refractivity contribution in [2.45, 2.75) is 13.3 Å². The summed E-state index contributed by atoms with van der Waals surface area (Å²) in [5, 5.41) is 14.9. The lowest BCUT2D eigenvalue weighted by Crippen LogP contribution is -2.05. The van der Waals surface area contributed by atoms with Gasteiger partial charge >= 0.3 is 5.97 Å². The summed E-state index contributed by atoms with van der Waals surface area (Å²) < 4.78 is 2.60. The zero-order chi connectivity index (χ0) is 17.3. The molecule has 0 atom stereocenters. The van der Waals surface area contributed by atoms with Gasteiger partial charge in [-0.05, 0) is 42.8 Å². The van der Waals surface area contributed by atoms with E-state index in [1.807, 2.05) is 43.3 Å². The van der Waals surface area contributed by atoms with Crippen molar-refractivity contribution in [2.24, 2.45) is 0 Å². The van der Waals surface area contributed by atoms with Gasteiger partial charge < -0.3 is 5.11 Å². The largest absolute Gasteiger partial charge is 0.478 e. The van der Waals surface area contributed by atoms with Crippen LogP contribution in [0.25, 0.3) is 16.9 Å². The summed E-state index contributed by atoms with van der Waals surface area (Å²) in [6.45, 7) is 1.92. The van der Waals surface area contributed by atoms with Crippen LogP contribution in [-0.4, -0.2) is 20.9 Å².